The van der Waals surface area contributed by atoms with Crippen LogP contribution in [0.4, 0.5) is 0 Å². The van der Waals surface area contributed by atoms with Crippen LogP contribution in [0, 0.1) is 0 Å². The molecule has 0 atom stereocenters. The maximum atomic E-state index is 11.9. The molecule has 4 rings (SSSR count). The molecule has 8 nitrogen and oxygen atoms in total. The second kappa shape index (κ2) is 6.97. The molecule has 1 aromatic heterocycles. The lowest BCUT2D eigenvalue weighted by Crippen LogP contribution is -2.03. The third-order valence-corrected chi connectivity index (χ3v) is 5.68. The number of phenols is 1. The van der Waals surface area contributed by atoms with Gasteiger partial charge in [-0.3, -0.25) is 4.55 Å². The zero-order valence-corrected chi connectivity index (χ0v) is 16.3. The lowest BCUT2D eigenvalue weighted by Gasteiger charge is -2.13. The van der Waals surface area contributed by atoms with Crippen LogP contribution in [0.5, 0.6) is 11.5 Å². The molecule has 152 valence electrons. The molecule has 0 saturated carbocycles. The third-order valence-electron chi connectivity index (χ3n) is 4.77. The van der Waals surface area contributed by atoms with Gasteiger partial charge in [-0.25, -0.2) is 9.78 Å². The summed E-state index contributed by atoms with van der Waals surface area (Å²) in [5.41, 5.74) is 0.818. The third kappa shape index (κ3) is 3.19. The molecular formula is C21H15NO7S. The monoisotopic (exact) mass is 425 g/mol. The van der Waals surface area contributed by atoms with E-state index in [0.29, 0.717) is 17.0 Å². The summed E-state index contributed by atoms with van der Waals surface area (Å²) in [6.07, 6.45) is 0. The molecule has 0 aliphatic rings. The van der Waals surface area contributed by atoms with Crippen LogP contribution in [0.3, 0.4) is 0 Å². The Hall–Kier alpha value is -3.69. The molecule has 0 radical (unpaired) electrons. The highest BCUT2D eigenvalue weighted by Crippen LogP contribution is 2.38. The minimum absolute atomic E-state index is 0.0280. The van der Waals surface area contributed by atoms with Crippen molar-refractivity contribution in [3.8, 4) is 22.8 Å². The molecule has 4 aromatic rings. The number of carbonyl (C=O) groups is 1. The number of hydrogen-bond acceptors (Lipinski definition) is 6. The highest BCUT2D eigenvalue weighted by molar-refractivity contribution is 7.86. The molecule has 0 bridgehead atoms. The van der Waals surface area contributed by atoms with Gasteiger partial charge in [0.25, 0.3) is 10.1 Å². The summed E-state index contributed by atoms with van der Waals surface area (Å²) in [7, 11) is -3.06. The first-order chi connectivity index (χ1) is 14.2. The Morgan fingerprint density at radius 1 is 1.03 bits per heavy atom. The van der Waals surface area contributed by atoms with Crippen LogP contribution in [0.15, 0.2) is 59.5 Å². The first-order valence-corrected chi connectivity index (χ1v) is 10.1. The number of carboxylic acids is 1. The van der Waals surface area contributed by atoms with Gasteiger partial charge in [-0.15, -0.1) is 0 Å². The average Bonchev–Trinajstić information content (AvgIpc) is 2.72. The number of aromatic carboxylic acids is 1. The Bertz CT molecular complexity index is 1430. The number of pyridine rings is 1. The molecule has 0 amide bonds. The van der Waals surface area contributed by atoms with Crippen LogP contribution in [-0.4, -0.2) is 41.2 Å². The Labute approximate surface area is 170 Å². The van der Waals surface area contributed by atoms with Crippen LogP contribution in [0.1, 0.15) is 10.4 Å². The number of hydrogen-bond donors (Lipinski definition) is 3. The van der Waals surface area contributed by atoms with E-state index in [0.717, 1.165) is 6.07 Å². The van der Waals surface area contributed by atoms with Gasteiger partial charge >= 0.3 is 5.97 Å². The van der Waals surface area contributed by atoms with Gasteiger partial charge in [-0.2, -0.15) is 8.42 Å². The largest absolute Gasteiger partial charge is 0.507 e. The molecule has 9 heteroatoms. The van der Waals surface area contributed by atoms with Gasteiger partial charge in [-0.1, -0.05) is 12.1 Å². The van der Waals surface area contributed by atoms with E-state index in [1.165, 1.54) is 25.3 Å². The van der Waals surface area contributed by atoms with Crippen LogP contribution in [0.2, 0.25) is 0 Å². The van der Waals surface area contributed by atoms with Crippen molar-refractivity contribution in [2.45, 2.75) is 4.90 Å². The Morgan fingerprint density at radius 3 is 2.33 bits per heavy atom. The number of rotatable bonds is 4. The quantitative estimate of drug-likeness (QED) is 0.333. The van der Waals surface area contributed by atoms with Crippen molar-refractivity contribution in [2.24, 2.45) is 0 Å². The highest BCUT2D eigenvalue weighted by Gasteiger charge is 2.22. The molecule has 3 N–H and O–H groups in total. The fourth-order valence-electron chi connectivity index (χ4n) is 3.41. The minimum Gasteiger partial charge on any atom is -0.507 e. The molecule has 0 spiro atoms. The second-order valence-corrected chi connectivity index (χ2v) is 7.92. The van der Waals surface area contributed by atoms with Crippen molar-refractivity contribution in [3.05, 3.63) is 60.2 Å². The normalized spacial score (nSPS) is 11.7. The second-order valence-electron chi connectivity index (χ2n) is 6.53. The number of aromatic hydroxyl groups is 1. The number of carboxylic acid groups (broad SMARTS) is 1. The fourth-order valence-corrected chi connectivity index (χ4v) is 4.11. The predicted molar refractivity (Wildman–Crippen MR) is 110 cm³/mol. The molecule has 0 fully saturated rings. The average molecular weight is 425 g/mol. The summed E-state index contributed by atoms with van der Waals surface area (Å²) >= 11 is 0. The van der Waals surface area contributed by atoms with Gasteiger partial charge in [0, 0.05) is 16.3 Å². The van der Waals surface area contributed by atoms with Crippen molar-refractivity contribution in [1.82, 2.24) is 4.98 Å². The lowest BCUT2D eigenvalue weighted by molar-refractivity contribution is 0.0698. The van der Waals surface area contributed by atoms with Gasteiger partial charge in [0.1, 0.15) is 16.4 Å². The molecule has 0 unspecified atom stereocenters. The van der Waals surface area contributed by atoms with E-state index in [9.17, 15) is 28.0 Å². The van der Waals surface area contributed by atoms with E-state index < -0.39 is 26.7 Å². The summed E-state index contributed by atoms with van der Waals surface area (Å²) < 4.78 is 38.2. The predicted octanol–water partition coefficient (Wildman–Crippen LogP) is 3.71. The molecular weight excluding hydrogens is 410 g/mol. The highest BCUT2D eigenvalue weighted by atomic mass is 32.2. The van der Waals surface area contributed by atoms with Gasteiger partial charge in [-0.05, 0) is 42.5 Å². The zero-order valence-electron chi connectivity index (χ0n) is 15.5. The number of nitrogens with zero attached hydrogens (tertiary/aromatic N) is 1. The number of fused-ring (bicyclic) bond motifs is 3. The van der Waals surface area contributed by atoms with Gasteiger partial charge < -0.3 is 14.9 Å². The SMILES string of the molecule is COc1ccc(-c2cc(C(=O)O)c3c(O)cc4c(S(=O)(=O)O)cccc4c3n2)cc1. The van der Waals surface area contributed by atoms with Crippen molar-refractivity contribution in [3.63, 3.8) is 0 Å². The molecule has 0 aliphatic heterocycles. The van der Waals surface area contributed by atoms with E-state index in [4.69, 9.17) is 4.74 Å². The first kappa shape index (κ1) is 19.6. The van der Waals surface area contributed by atoms with Gasteiger partial charge in [0.05, 0.1) is 29.3 Å². The molecule has 0 aliphatic carbocycles. The van der Waals surface area contributed by atoms with Gasteiger partial charge in [0.2, 0.25) is 0 Å². The number of ether oxygens (including phenoxy) is 1. The Balaban J connectivity index is 2.15. The van der Waals surface area contributed by atoms with E-state index >= 15 is 0 Å². The van der Waals surface area contributed by atoms with Crippen molar-refractivity contribution < 1.29 is 32.7 Å². The topological polar surface area (TPSA) is 134 Å². The van der Waals surface area contributed by atoms with Crippen LogP contribution >= 0.6 is 0 Å². The number of benzene rings is 3. The first-order valence-electron chi connectivity index (χ1n) is 8.65. The fraction of sp³-hybridized carbons (Fsp3) is 0.0476. The van der Waals surface area contributed by atoms with E-state index in [-0.39, 0.29) is 27.2 Å². The summed E-state index contributed by atoms with van der Waals surface area (Å²) in [6, 6.07) is 13.4. The number of aromatic nitrogens is 1. The summed E-state index contributed by atoms with van der Waals surface area (Å²) in [4.78, 5) is 16.0. The maximum Gasteiger partial charge on any atom is 0.336 e. The standard InChI is InChI=1S/C21H15NO7S/c1-29-12-7-5-11(6-8-12)16-9-15(21(24)25)19-17(23)10-14-13(20(19)22-16)3-2-4-18(14)30(26,27)28/h2-10,23H,1H3,(H,24,25)(H,26,27,28). The molecule has 1 heterocycles. The Morgan fingerprint density at radius 2 is 1.73 bits per heavy atom. The zero-order chi connectivity index (χ0) is 21.6. The summed E-state index contributed by atoms with van der Waals surface area (Å²) in [6.45, 7) is 0. The van der Waals surface area contributed by atoms with Crippen molar-refractivity contribution in [2.75, 3.05) is 7.11 Å². The maximum absolute atomic E-state index is 11.9. The lowest BCUT2D eigenvalue weighted by atomic mass is 9.99. The smallest absolute Gasteiger partial charge is 0.336 e. The van der Waals surface area contributed by atoms with E-state index in [2.05, 4.69) is 4.98 Å². The summed E-state index contributed by atoms with van der Waals surface area (Å²) in [5.74, 6) is -1.13. The van der Waals surface area contributed by atoms with Crippen LogP contribution in [-0.2, 0) is 10.1 Å². The molecule has 30 heavy (non-hydrogen) atoms. The van der Waals surface area contributed by atoms with Crippen LogP contribution < -0.4 is 4.74 Å². The molecule has 0 saturated heterocycles. The minimum atomic E-state index is -4.58. The van der Waals surface area contributed by atoms with Crippen LogP contribution in [0.25, 0.3) is 32.9 Å². The van der Waals surface area contributed by atoms with Crippen molar-refractivity contribution >= 4 is 37.8 Å². The Kier molecular flexibility index (Phi) is 4.56. The number of methoxy groups -OCH3 is 1. The number of phenolic OH excluding ortho intramolecular Hbond substituents is 1. The van der Waals surface area contributed by atoms with Crippen molar-refractivity contribution in [1.29, 1.82) is 0 Å². The van der Waals surface area contributed by atoms with Gasteiger partial charge in [0.15, 0.2) is 0 Å². The van der Waals surface area contributed by atoms with E-state index in [1.807, 2.05) is 0 Å². The molecule has 3 aromatic carbocycles. The van der Waals surface area contributed by atoms with E-state index in [1.54, 1.807) is 30.3 Å². The summed E-state index contributed by atoms with van der Waals surface area (Å²) in [5, 5.41) is 20.5.